The van der Waals surface area contributed by atoms with E-state index in [0.29, 0.717) is 39.1 Å². The Bertz CT molecular complexity index is 926. The summed E-state index contributed by atoms with van der Waals surface area (Å²) in [4.78, 5) is 18.5. The number of likely N-dealkylation sites (N-methyl/N-ethyl adjacent to an activating group) is 1. The molecule has 0 N–H and O–H groups in total. The molecule has 0 bridgehead atoms. The van der Waals surface area contributed by atoms with Crippen molar-refractivity contribution in [1.82, 2.24) is 14.2 Å². The van der Waals surface area contributed by atoms with Crippen LogP contribution in [0, 0.1) is 12.8 Å². The Morgan fingerprint density at radius 2 is 2.00 bits per heavy atom. The van der Waals surface area contributed by atoms with E-state index in [4.69, 9.17) is 4.74 Å². The molecule has 2 heterocycles. The first-order valence-electron chi connectivity index (χ1n) is 9.72. The van der Waals surface area contributed by atoms with E-state index in [9.17, 15) is 13.2 Å². The molecule has 0 radical (unpaired) electrons. The van der Waals surface area contributed by atoms with Crippen LogP contribution in [0.2, 0.25) is 0 Å². The van der Waals surface area contributed by atoms with Crippen molar-refractivity contribution in [1.29, 1.82) is 0 Å². The highest BCUT2D eigenvalue weighted by Gasteiger charge is 2.33. The molecule has 0 aliphatic carbocycles. The molecule has 0 spiro atoms. The van der Waals surface area contributed by atoms with Crippen LogP contribution in [0.15, 0.2) is 53.7 Å². The van der Waals surface area contributed by atoms with Gasteiger partial charge in [-0.05, 0) is 49.6 Å². The fraction of sp³-hybridized carbons (Fsp3) is 0.429. The van der Waals surface area contributed by atoms with Crippen LogP contribution in [0.1, 0.15) is 18.4 Å². The summed E-state index contributed by atoms with van der Waals surface area (Å²) >= 11 is 0. The molecule has 156 valence electrons. The van der Waals surface area contributed by atoms with E-state index in [1.165, 1.54) is 10.5 Å². The standard InChI is InChI=1S/C21H27N3O4S/c1-17-5-3-6-19(15-17)28-14-13-23(2)21(25)18-8-11-24(12-9-18)29(26,27)20-7-4-10-22-16-20/h3-7,10,15-16,18H,8-9,11-14H2,1-2H3. The Balaban J connectivity index is 1.48. The molecular formula is C21H27N3O4S. The number of aryl methyl sites for hydroxylation is 1. The van der Waals surface area contributed by atoms with Gasteiger partial charge in [-0.15, -0.1) is 0 Å². The first-order valence-corrected chi connectivity index (χ1v) is 11.2. The summed E-state index contributed by atoms with van der Waals surface area (Å²) in [5, 5.41) is 0. The number of carbonyl (C=O) groups excluding carboxylic acids is 1. The maximum Gasteiger partial charge on any atom is 0.244 e. The molecule has 1 fully saturated rings. The number of aromatic nitrogens is 1. The van der Waals surface area contributed by atoms with Gasteiger partial charge in [0.15, 0.2) is 0 Å². The highest BCUT2D eigenvalue weighted by molar-refractivity contribution is 7.89. The number of amides is 1. The van der Waals surface area contributed by atoms with Crippen molar-refractivity contribution >= 4 is 15.9 Å². The summed E-state index contributed by atoms with van der Waals surface area (Å²) in [6.45, 7) is 3.58. The van der Waals surface area contributed by atoms with Crippen LogP contribution in [0.3, 0.4) is 0 Å². The molecule has 1 aromatic heterocycles. The number of ether oxygens (including phenoxy) is 1. The van der Waals surface area contributed by atoms with Gasteiger partial charge in [-0.2, -0.15) is 4.31 Å². The van der Waals surface area contributed by atoms with E-state index in [-0.39, 0.29) is 16.7 Å². The van der Waals surface area contributed by atoms with Gasteiger partial charge in [-0.25, -0.2) is 8.42 Å². The van der Waals surface area contributed by atoms with Gasteiger partial charge in [0.1, 0.15) is 17.3 Å². The molecule has 1 aliphatic heterocycles. The Morgan fingerprint density at radius 3 is 2.66 bits per heavy atom. The third-order valence-electron chi connectivity index (χ3n) is 5.14. The average molecular weight is 418 g/mol. The van der Waals surface area contributed by atoms with Gasteiger partial charge < -0.3 is 9.64 Å². The van der Waals surface area contributed by atoms with Crippen molar-refractivity contribution in [2.75, 3.05) is 33.3 Å². The fourth-order valence-electron chi connectivity index (χ4n) is 3.42. The van der Waals surface area contributed by atoms with Crippen molar-refractivity contribution in [3.63, 3.8) is 0 Å². The molecule has 0 atom stereocenters. The van der Waals surface area contributed by atoms with Gasteiger partial charge in [-0.1, -0.05) is 12.1 Å². The van der Waals surface area contributed by atoms with Crippen LogP contribution < -0.4 is 4.74 Å². The normalized spacial score (nSPS) is 15.8. The summed E-state index contributed by atoms with van der Waals surface area (Å²) in [6, 6.07) is 10.9. The van der Waals surface area contributed by atoms with Crippen LogP contribution in [0.4, 0.5) is 0 Å². The molecular weight excluding hydrogens is 390 g/mol. The molecule has 3 rings (SSSR count). The molecule has 2 aromatic rings. The zero-order chi connectivity index (χ0) is 20.9. The second-order valence-corrected chi connectivity index (χ2v) is 9.23. The first-order chi connectivity index (χ1) is 13.9. The Kier molecular flexibility index (Phi) is 6.87. The molecule has 1 saturated heterocycles. The van der Waals surface area contributed by atoms with E-state index in [1.807, 2.05) is 31.2 Å². The van der Waals surface area contributed by atoms with Crippen molar-refractivity contribution < 1.29 is 17.9 Å². The highest BCUT2D eigenvalue weighted by atomic mass is 32.2. The highest BCUT2D eigenvalue weighted by Crippen LogP contribution is 2.24. The average Bonchev–Trinajstić information content (AvgIpc) is 2.74. The van der Waals surface area contributed by atoms with Crippen LogP contribution in [-0.4, -0.2) is 61.8 Å². The predicted octanol–water partition coefficient (Wildman–Crippen LogP) is 2.33. The summed E-state index contributed by atoms with van der Waals surface area (Å²) in [7, 11) is -1.79. The van der Waals surface area contributed by atoms with Crippen LogP contribution >= 0.6 is 0 Å². The SMILES string of the molecule is Cc1cccc(OCCN(C)C(=O)C2CCN(S(=O)(=O)c3cccnc3)CC2)c1. The largest absolute Gasteiger partial charge is 0.492 e. The van der Waals surface area contributed by atoms with Gasteiger partial charge in [0.05, 0.1) is 6.54 Å². The van der Waals surface area contributed by atoms with Crippen LogP contribution in [-0.2, 0) is 14.8 Å². The number of sulfonamides is 1. The lowest BCUT2D eigenvalue weighted by atomic mass is 9.97. The second-order valence-electron chi connectivity index (χ2n) is 7.29. The van der Waals surface area contributed by atoms with Gasteiger partial charge in [0, 0.05) is 38.4 Å². The van der Waals surface area contributed by atoms with Crippen molar-refractivity contribution in [2.45, 2.75) is 24.7 Å². The van der Waals surface area contributed by atoms with Gasteiger partial charge in [0.2, 0.25) is 15.9 Å². The zero-order valence-electron chi connectivity index (χ0n) is 16.8. The van der Waals surface area contributed by atoms with E-state index in [0.717, 1.165) is 11.3 Å². The summed E-state index contributed by atoms with van der Waals surface area (Å²) in [6.07, 6.45) is 3.93. The Morgan fingerprint density at radius 1 is 1.24 bits per heavy atom. The number of hydrogen-bond donors (Lipinski definition) is 0. The second kappa shape index (κ2) is 9.37. The number of carbonyl (C=O) groups is 1. The van der Waals surface area contributed by atoms with Crippen LogP contribution in [0.5, 0.6) is 5.75 Å². The summed E-state index contributed by atoms with van der Waals surface area (Å²) in [5.74, 6) is 0.662. The zero-order valence-corrected chi connectivity index (χ0v) is 17.6. The third-order valence-corrected chi connectivity index (χ3v) is 7.02. The van der Waals surface area contributed by atoms with Gasteiger partial charge in [-0.3, -0.25) is 9.78 Å². The lowest BCUT2D eigenvalue weighted by Crippen LogP contribution is -2.44. The molecule has 1 aliphatic rings. The van der Waals surface area contributed by atoms with E-state index in [1.54, 1.807) is 30.3 Å². The summed E-state index contributed by atoms with van der Waals surface area (Å²) < 4.78 is 32.5. The monoisotopic (exact) mass is 417 g/mol. The molecule has 7 nitrogen and oxygen atoms in total. The third kappa shape index (κ3) is 5.33. The fourth-order valence-corrected chi connectivity index (χ4v) is 4.85. The Hall–Kier alpha value is -2.45. The first kappa shape index (κ1) is 21.3. The Labute approximate surface area is 172 Å². The number of piperidine rings is 1. The number of pyridine rings is 1. The van der Waals surface area contributed by atoms with Crippen molar-refractivity contribution in [3.8, 4) is 5.75 Å². The minimum absolute atomic E-state index is 0.0382. The maximum absolute atomic E-state index is 12.7. The minimum atomic E-state index is -3.55. The quantitative estimate of drug-likeness (QED) is 0.691. The molecule has 0 unspecified atom stereocenters. The van der Waals surface area contributed by atoms with E-state index < -0.39 is 10.0 Å². The predicted molar refractivity (Wildman–Crippen MR) is 110 cm³/mol. The van der Waals surface area contributed by atoms with Crippen LogP contribution in [0.25, 0.3) is 0 Å². The van der Waals surface area contributed by atoms with Gasteiger partial charge >= 0.3 is 0 Å². The molecule has 1 amide bonds. The minimum Gasteiger partial charge on any atom is -0.492 e. The van der Waals surface area contributed by atoms with Crippen molar-refractivity contribution in [3.05, 3.63) is 54.4 Å². The number of rotatable bonds is 7. The maximum atomic E-state index is 12.7. The molecule has 0 saturated carbocycles. The topological polar surface area (TPSA) is 79.8 Å². The van der Waals surface area contributed by atoms with E-state index in [2.05, 4.69) is 4.98 Å². The van der Waals surface area contributed by atoms with Gasteiger partial charge in [0.25, 0.3) is 0 Å². The van der Waals surface area contributed by atoms with Crippen molar-refractivity contribution in [2.24, 2.45) is 5.92 Å². The van der Waals surface area contributed by atoms with E-state index >= 15 is 0 Å². The molecule has 29 heavy (non-hydrogen) atoms. The molecule has 8 heteroatoms. The lowest BCUT2D eigenvalue weighted by molar-refractivity contribution is -0.135. The molecule has 1 aromatic carbocycles. The number of nitrogens with zero attached hydrogens (tertiary/aromatic N) is 3. The number of hydrogen-bond acceptors (Lipinski definition) is 5. The summed E-state index contributed by atoms with van der Waals surface area (Å²) in [5.41, 5.74) is 1.12. The lowest BCUT2D eigenvalue weighted by Gasteiger charge is -2.32. The smallest absolute Gasteiger partial charge is 0.244 e. The number of benzene rings is 1.